The lowest BCUT2D eigenvalue weighted by molar-refractivity contribution is 0.565. The van der Waals surface area contributed by atoms with Gasteiger partial charge in [0.1, 0.15) is 0 Å². The van der Waals surface area contributed by atoms with Gasteiger partial charge in [0.15, 0.2) is 5.11 Å². The zero-order valence-corrected chi connectivity index (χ0v) is 22.4. The molecule has 5 aromatic rings. The second kappa shape index (κ2) is 9.16. The highest BCUT2D eigenvalue weighted by molar-refractivity contribution is 7.80. The van der Waals surface area contributed by atoms with Crippen LogP contribution in [0.4, 0.5) is 5.69 Å². The number of pyridine rings is 1. The van der Waals surface area contributed by atoms with Crippen molar-refractivity contribution in [1.29, 1.82) is 0 Å². The van der Waals surface area contributed by atoms with Gasteiger partial charge in [-0.1, -0.05) is 48.5 Å². The molecule has 184 valence electrons. The number of hydrogen-bond donors (Lipinski definition) is 1. The molecule has 0 amide bonds. The summed E-state index contributed by atoms with van der Waals surface area (Å²) < 4.78 is 2.38. The first-order chi connectivity index (χ1) is 17.9. The molecular weight excluding hydrogens is 472 g/mol. The summed E-state index contributed by atoms with van der Waals surface area (Å²) in [6, 6.07) is 30.0. The van der Waals surface area contributed by atoms with E-state index < -0.39 is 0 Å². The fourth-order valence-electron chi connectivity index (χ4n) is 5.69. The second-order valence-electron chi connectivity index (χ2n) is 9.93. The topological polar surface area (TPSA) is 33.1 Å². The van der Waals surface area contributed by atoms with Gasteiger partial charge in [-0.3, -0.25) is 4.98 Å². The minimum absolute atomic E-state index is 0.0422. The minimum atomic E-state index is -0.0724. The number of anilines is 1. The van der Waals surface area contributed by atoms with Crippen LogP contribution in [0, 0.1) is 27.7 Å². The molecule has 37 heavy (non-hydrogen) atoms. The molecule has 1 aliphatic rings. The number of hydrogen-bond acceptors (Lipinski definition) is 2. The maximum absolute atomic E-state index is 5.97. The van der Waals surface area contributed by atoms with Gasteiger partial charge in [-0.05, 0) is 98.4 Å². The monoisotopic (exact) mass is 502 g/mol. The summed E-state index contributed by atoms with van der Waals surface area (Å²) in [7, 11) is 0. The van der Waals surface area contributed by atoms with Gasteiger partial charge in [0, 0.05) is 28.7 Å². The molecule has 3 heterocycles. The molecule has 0 spiro atoms. The van der Waals surface area contributed by atoms with E-state index in [-0.39, 0.29) is 12.1 Å². The zero-order chi connectivity index (χ0) is 25.7. The lowest BCUT2D eigenvalue weighted by Crippen LogP contribution is -2.29. The minimum Gasteiger partial charge on any atom is -0.351 e. The van der Waals surface area contributed by atoms with Gasteiger partial charge in [-0.15, -0.1) is 0 Å². The van der Waals surface area contributed by atoms with E-state index in [1.165, 1.54) is 44.5 Å². The van der Waals surface area contributed by atoms with E-state index in [0.29, 0.717) is 0 Å². The number of aromatic nitrogens is 2. The molecule has 2 aromatic heterocycles. The summed E-state index contributed by atoms with van der Waals surface area (Å²) >= 11 is 5.97. The summed E-state index contributed by atoms with van der Waals surface area (Å²) in [5, 5.41) is 6.81. The van der Waals surface area contributed by atoms with E-state index in [9.17, 15) is 0 Å². The van der Waals surface area contributed by atoms with E-state index >= 15 is 0 Å². The van der Waals surface area contributed by atoms with Crippen LogP contribution in [0.25, 0.3) is 16.5 Å². The van der Waals surface area contributed by atoms with E-state index in [4.69, 9.17) is 17.2 Å². The molecule has 4 nitrogen and oxygen atoms in total. The molecule has 2 atom stereocenters. The van der Waals surface area contributed by atoms with Crippen molar-refractivity contribution in [2.75, 3.05) is 4.90 Å². The Morgan fingerprint density at radius 2 is 1.59 bits per heavy atom. The summed E-state index contributed by atoms with van der Waals surface area (Å²) in [5.41, 5.74) is 9.44. The fourth-order valence-corrected chi connectivity index (χ4v) is 6.03. The van der Waals surface area contributed by atoms with Crippen molar-refractivity contribution in [2.45, 2.75) is 39.8 Å². The van der Waals surface area contributed by atoms with E-state index in [2.05, 4.69) is 115 Å². The first-order valence-electron chi connectivity index (χ1n) is 12.7. The average molecular weight is 503 g/mol. The van der Waals surface area contributed by atoms with E-state index in [1.54, 1.807) is 0 Å². The molecule has 1 fully saturated rings. The van der Waals surface area contributed by atoms with Crippen molar-refractivity contribution in [2.24, 2.45) is 0 Å². The van der Waals surface area contributed by atoms with Crippen LogP contribution in [-0.4, -0.2) is 14.7 Å². The van der Waals surface area contributed by atoms with Crippen LogP contribution in [-0.2, 0) is 0 Å². The number of rotatable bonds is 4. The third-order valence-electron chi connectivity index (χ3n) is 7.66. The van der Waals surface area contributed by atoms with Crippen LogP contribution in [0.2, 0.25) is 0 Å². The highest BCUT2D eigenvalue weighted by Gasteiger charge is 2.42. The molecule has 5 heteroatoms. The molecule has 0 unspecified atom stereocenters. The van der Waals surface area contributed by atoms with Crippen molar-refractivity contribution in [1.82, 2.24) is 14.9 Å². The van der Waals surface area contributed by atoms with Crippen LogP contribution in [0.3, 0.4) is 0 Å². The number of fused-ring (bicyclic) bond motifs is 1. The third-order valence-corrected chi connectivity index (χ3v) is 7.98. The summed E-state index contributed by atoms with van der Waals surface area (Å²) in [6.45, 7) is 8.71. The number of nitrogens with zero attached hydrogens (tertiary/aromatic N) is 3. The number of benzene rings is 3. The Morgan fingerprint density at radius 3 is 2.38 bits per heavy atom. The lowest BCUT2D eigenvalue weighted by Gasteiger charge is -2.28. The molecule has 1 saturated heterocycles. The number of thiocarbonyl (C=S) groups is 1. The van der Waals surface area contributed by atoms with Gasteiger partial charge in [0.2, 0.25) is 0 Å². The largest absolute Gasteiger partial charge is 0.351 e. The highest BCUT2D eigenvalue weighted by atomic mass is 32.1. The van der Waals surface area contributed by atoms with Crippen LogP contribution < -0.4 is 10.2 Å². The third kappa shape index (κ3) is 3.91. The van der Waals surface area contributed by atoms with Crippen molar-refractivity contribution in [3.8, 4) is 5.69 Å². The fraction of sp³-hybridized carbons (Fsp3) is 0.188. The standard InChI is InChI=1S/C32H30N4S/c1-20-15-16-25(18-21(20)2)36-31(30(34-32(36)37)28-13-7-8-17-33-28)27-19-22(3)35(23(27)4)29-14-9-11-24-10-5-6-12-26(24)29/h5-19,30-31H,1-4H3,(H,34,37)/t30-,31-/m1/s1. The average Bonchev–Trinajstić information content (AvgIpc) is 3.40. The summed E-state index contributed by atoms with van der Waals surface area (Å²) in [5.74, 6) is 0. The normalized spacial score (nSPS) is 17.4. The van der Waals surface area contributed by atoms with Crippen molar-refractivity contribution in [3.05, 3.63) is 125 Å². The number of aryl methyl sites for hydroxylation is 3. The molecular formula is C32H30N4S. The zero-order valence-electron chi connectivity index (χ0n) is 21.6. The molecule has 0 radical (unpaired) electrons. The molecule has 3 aromatic carbocycles. The SMILES string of the molecule is Cc1ccc(N2C(=S)N[C@H](c3ccccn3)[C@H]2c2cc(C)n(-c3cccc4ccccc34)c2C)cc1C. The molecule has 0 bridgehead atoms. The van der Waals surface area contributed by atoms with Crippen molar-refractivity contribution in [3.63, 3.8) is 0 Å². The van der Waals surface area contributed by atoms with Gasteiger partial charge >= 0.3 is 0 Å². The predicted octanol–water partition coefficient (Wildman–Crippen LogP) is 7.44. The summed E-state index contributed by atoms with van der Waals surface area (Å²) in [6.07, 6.45) is 1.86. The van der Waals surface area contributed by atoms with Gasteiger partial charge < -0.3 is 14.8 Å². The van der Waals surface area contributed by atoms with E-state index in [0.717, 1.165) is 16.5 Å². The van der Waals surface area contributed by atoms with Crippen molar-refractivity contribution >= 4 is 33.8 Å². The smallest absolute Gasteiger partial charge is 0.174 e. The second-order valence-corrected chi connectivity index (χ2v) is 10.3. The van der Waals surface area contributed by atoms with Crippen LogP contribution in [0.15, 0.2) is 91.1 Å². The van der Waals surface area contributed by atoms with Crippen LogP contribution >= 0.6 is 12.2 Å². The molecule has 1 aliphatic heterocycles. The maximum atomic E-state index is 5.97. The Morgan fingerprint density at radius 1 is 0.811 bits per heavy atom. The Hall–Kier alpha value is -3.96. The first kappa shape index (κ1) is 23.4. The maximum Gasteiger partial charge on any atom is 0.174 e. The van der Waals surface area contributed by atoms with Gasteiger partial charge in [-0.2, -0.15) is 0 Å². The first-order valence-corrected chi connectivity index (χ1v) is 13.1. The molecule has 0 saturated carbocycles. The number of nitrogens with one attached hydrogen (secondary N) is 1. The predicted molar refractivity (Wildman–Crippen MR) is 157 cm³/mol. The molecule has 6 rings (SSSR count). The Kier molecular flexibility index (Phi) is 5.81. The molecule has 0 aliphatic carbocycles. The summed E-state index contributed by atoms with van der Waals surface area (Å²) in [4.78, 5) is 7.01. The highest BCUT2D eigenvalue weighted by Crippen LogP contribution is 2.44. The van der Waals surface area contributed by atoms with Crippen LogP contribution in [0.1, 0.15) is 45.9 Å². The van der Waals surface area contributed by atoms with Gasteiger partial charge in [-0.25, -0.2) is 0 Å². The Labute approximate surface area is 223 Å². The molecule has 1 N–H and O–H groups in total. The van der Waals surface area contributed by atoms with Crippen molar-refractivity contribution < 1.29 is 0 Å². The quantitative estimate of drug-likeness (QED) is 0.259. The Balaban J connectivity index is 1.55. The lowest BCUT2D eigenvalue weighted by atomic mass is 9.96. The Bertz CT molecular complexity index is 1630. The van der Waals surface area contributed by atoms with E-state index in [1.807, 2.05) is 18.3 Å². The van der Waals surface area contributed by atoms with Gasteiger partial charge in [0.05, 0.1) is 23.5 Å². The van der Waals surface area contributed by atoms with Crippen LogP contribution in [0.5, 0.6) is 0 Å². The van der Waals surface area contributed by atoms with Gasteiger partial charge in [0.25, 0.3) is 0 Å².